The fraction of sp³-hybridized carbons (Fsp3) is 0.308. The topological polar surface area (TPSA) is 42.4 Å². The second-order valence-electron chi connectivity index (χ2n) is 4.29. The number of nitrogens with zero attached hydrogens (tertiary/aromatic N) is 1. The smallest absolute Gasteiger partial charge is 0.134 e. The molecule has 3 nitrogen and oxygen atoms in total. The van der Waals surface area contributed by atoms with Gasteiger partial charge < -0.3 is 9.84 Å². The summed E-state index contributed by atoms with van der Waals surface area (Å²) in [4.78, 5) is 4.57. The lowest BCUT2D eigenvalue weighted by molar-refractivity contribution is 0.136. The first-order valence-electron chi connectivity index (χ1n) is 5.55. The Kier molecular flexibility index (Phi) is 2.56. The van der Waals surface area contributed by atoms with Crippen molar-refractivity contribution >= 4 is 26.8 Å². The van der Waals surface area contributed by atoms with Crippen LogP contribution in [0.4, 0.5) is 0 Å². The highest BCUT2D eigenvalue weighted by Crippen LogP contribution is 2.38. The molecule has 0 aliphatic carbocycles. The van der Waals surface area contributed by atoms with Crippen LogP contribution in [0.2, 0.25) is 0 Å². The number of hydrogen-bond donors (Lipinski definition) is 1. The third-order valence-corrected chi connectivity index (χ3v) is 3.62. The van der Waals surface area contributed by atoms with Crippen molar-refractivity contribution in [1.29, 1.82) is 0 Å². The summed E-state index contributed by atoms with van der Waals surface area (Å²) in [5.41, 5.74) is 3.04. The molecule has 1 aromatic heterocycles. The summed E-state index contributed by atoms with van der Waals surface area (Å²) in [6.07, 6.45) is 0.614. The molecule has 17 heavy (non-hydrogen) atoms. The molecule has 0 radical (unpaired) electrons. The molecule has 88 valence electrons. The number of aliphatic hydroxyl groups excluding tert-OH is 1. The second kappa shape index (κ2) is 3.96. The van der Waals surface area contributed by atoms with Gasteiger partial charge in [-0.1, -0.05) is 15.9 Å². The summed E-state index contributed by atoms with van der Waals surface area (Å²) in [5, 5.41) is 10.2. The number of halogens is 1. The van der Waals surface area contributed by atoms with Crippen molar-refractivity contribution in [3.8, 4) is 5.75 Å². The van der Waals surface area contributed by atoms with Crippen LogP contribution >= 0.6 is 15.9 Å². The zero-order chi connectivity index (χ0) is 12.0. The second-order valence-corrected chi connectivity index (χ2v) is 5.21. The number of rotatable bonds is 1. The van der Waals surface area contributed by atoms with Crippen molar-refractivity contribution in [1.82, 2.24) is 4.98 Å². The van der Waals surface area contributed by atoms with Gasteiger partial charge in [0.05, 0.1) is 12.1 Å². The van der Waals surface area contributed by atoms with E-state index in [1.165, 1.54) is 0 Å². The molecule has 1 aromatic carbocycles. The minimum atomic E-state index is -0.130. The molecule has 0 saturated carbocycles. The minimum Gasteiger partial charge on any atom is -0.487 e. The Bertz CT molecular complexity index is 597. The minimum absolute atomic E-state index is 0.0453. The number of benzene rings is 1. The molecule has 1 N–H and O–H groups in total. The largest absolute Gasteiger partial charge is 0.487 e. The van der Waals surface area contributed by atoms with Crippen LogP contribution < -0.4 is 4.74 Å². The van der Waals surface area contributed by atoms with Crippen molar-refractivity contribution < 1.29 is 9.84 Å². The maximum atomic E-state index is 9.20. The van der Waals surface area contributed by atoms with Gasteiger partial charge in [0.25, 0.3) is 0 Å². The average Bonchev–Trinajstić information content (AvgIpc) is 2.75. The number of aryl methyl sites for hydroxylation is 1. The van der Waals surface area contributed by atoms with E-state index in [1.54, 1.807) is 0 Å². The molecule has 0 saturated heterocycles. The molecule has 1 aliphatic rings. The molecule has 4 heteroatoms. The Morgan fingerprint density at radius 1 is 1.53 bits per heavy atom. The van der Waals surface area contributed by atoms with Crippen LogP contribution in [0.1, 0.15) is 11.3 Å². The SMILES string of the molecule is Cc1nc2ccc(Br)cc2c2c1C[C@H](CO)O2. The highest BCUT2D eigenvalue weighted by molar-refractivity contribution is 9.10. The Morgan fingerprint density at radius 2 is 2.35 bits per heavy atom. The highest BCUT2D eigenvalue weighted by Gasteiger charge is 2.26. The number of hydrogen-bond acceptors (Lipinski definition) is 3. The van der Waals surface area contributed by atoms with Crippen molar-refractivity contribution in [2.45, 2.75) is 19.4 Å². The predicted octanol–water partition coefficient (Wildman–Crippen LogP) is 2.60. The van der Waals surface area contributed by atoms with E-state index in [0.717, 1.165) is 38.8 Å². The van der Waals surface area contributed by atoms with Gasteiger partial charge in [0.2, 0.25) is 0 Å². The lowest BCUT2D eigenvalue weighted by Gasteiger charge is -2.09. The Morgan fingerprint density at radius 3 is 3.12 bits per heavy atom. The van der Waals surface area contributed by atoms with Crippen LogP contribution in [0.25, 0.3) is 10.9 Å². The number of fused-ring (bicyclic) bond motifs is 3. The molecule has 2 aromatic rings. The summed E-state index contributed by atoms with van der Waals surface area (Å²) in [6, 6.07) is 5.96. The molecule has 0 bridgehead atoms. The maximum Gasteiger partial charge on any atom is 0.134 e. The van der Waals surface area contributed by atoms with Crippen molar-refractivity contribution in [3.63, 3.8) is 0 Å². The summed E-state index contributed by atoms with van der Waals surface area (Å²) < 4.78 is 6.80. The summed E-state index contributed by atoms with van der Waals surface area (Å²) in [6.45, 7) is 2.03. The van der Waals surface area contributed by atoms with E-state index in [0.29, 0.717) is 0 Å². The summed E-state index contributed by atoms with van der Waals surface area (Å²) in [7, 11) is 0. The summed E-state index contributed by atoms with van der Waals surface area (Å²) in [5.74, 6) is 0.882. The van der Waals surface area contributed by atoms with E-state index in [-0.39, 0.29) is 12.7 Å². The van der Waals surface area contributed by atoms with Gasteiger partial charge in [-0.15, -0.1) is 0 Å². The van der Waals surface area contributed by atoms with Crippen LogP contribution in [-0.2, 0) is 6.42 Å². The monoisotopic (exact) mass is 293 g/mol. The Hall–Kier alpha value is -1.13. The van der Waals surface area contributed by atoms with Crippen LogP contribution in [0.15, 0.2) is 22.7 Å². The van der Waals surface area contributed by atoms with Crippen molar-refractivity contribution in [2.24, 2.45) is 0 Å². The van der Waals surface area contributed by atoms with Gasteiger partial charge in [-0.05, 0) is 25.1 Å². The molecular weight excluding hydrogens is 282 g/mol. The van der Waals surface area contributed by atoms with Gasteiger partial charge in [-0.3, -0.25) is 4.98 Å². The number of aromatic nitrogens is 1. The number of aliphatic hydroxyl groups is 1. The zero-order valence-electron chi connectivity index (χ0n) is 9.40. The standard InChI is InChI=1S/C13H12BrNO2/c1-7-10-5-9(6-16)17-13(10)11-4-8(14)2-3-12(11)15-7/h2-4,9,16H,5-6H2,1H3/t9-/m1/s1. The van der Waals surface area contributed by atoms with Crippen LogP contribution in [0.3, 0.4) is 0 Å². The van der Waals surface area contributed by atoms with Gasteiger partial charge in [0.15, 0.2) is 0 Å². The van der Waals surface area contributed by atoms with Gasteiger partial charge in [-0.25, -0.2) is 0 Å². The lowest BCUT2D eigenvalue weighted by Crippen LogP contribution is -2.17. The van der Waals surface area contributed by atoms with E-state index >= 15 is 0 Å². The first-order valence-corrected chi connectivity index (χ1v) is 6.34. The summed E-state index contributed by atoms with van der Waals surface area (Å²) >= 11 is 3.46. The lowest BCUT2D eigenvalue weighted by atomic mass is 10.1. The average molecular weight is 294 g/mol. The normalized spacial score (nSPS) is 18.2. The third-order valence-electron chi connectivity index (χ3n) is 3.12. The molecule has 2 heterocycles. The van der Waals surface area contributed by atoms with E-state index < -0.39 is 0 Å². The molecule has 3 rings (SSSR count). The molecular formula is C13H12BrNO2. The third kappa shape index (κ3) is 1.72. The Balaban J connectivity index is 2.28. The van der Waals surface area contributed by atoms with Gasteiger partial charge in [0.1, 0.15) is 11.9 Å². The van der Waals surface area contributed by atoms with Gasteiger partial charge >= 0.3 is 0 Å². The van der Waals surface area contributed by atoms with Gasteiger partial charge in [0, 0.05) is 27.5 Å². The highest BCUT2D eigenvalue weighted by atomic mass is 79.9. The number of pyridine rings is 1. The molecule has 1 aliphatic heterocycles. The molecule has 0 fully saturated rings. The molecule has 0 amide bonds. The van der Waals surface area contributed by atoms with E-state index in [9.17, 15) is 5.11 Å². The van der Waals surface area contributed by atoms with Gasteiger partial charge in [-0.2, -0.15) is 0 Å². The quantitative estimate of drug-likeness (QED) is 0.879. The molecule has 0 unspecified atom stereocenters. The van der Waals surface area contributed by atoms with Crippen molar-refractivity contribution in [2.75, 3.05) is 6.61 Å². The first-order chi connectivity index (χ1) is 8.19. The number of ether oxygens (including phenoxy) is 1. The fourth-order valence-corrected chi connectivity index (χ4v) is 2.64. The first kappa shape index (κ1) is 11.0. The van der Waals surface area contributed by atoms with E-state index in [4.69, 9.17) is 4.74 Å². The molecule has 0 spiro atoms. The van der Waals surface area contributed by atoms with E-state index in [2.05, 4.69) is 20.9 Å². The van der Waals surface area contributed by atoms with Crippen LogP contribution in [-0.4, -0.2) is 22.8 Å². The Labute approximate surface area is 108 Å². The van der Waals surface area contributed by atoms with E-state index in [1.807, 2.05) is 25.1 Å². The van der Waals surface area contributed by atoms with Crippen LogP contribution in [0, 0.1) is 6.92 Å². The molecule has 1 atom stereocenters. The predicted molar refractivity (Wildman–Crippen MR) is 69.4 cm³/mol. The van der Waals surface area contributed by atoms with Crippen LogP contribution in [0.5, 0.6) is 5.75 Å². The van der Waals surface area contributed by atoms with Crippen molar-refractivity contribution in [3.05, 3.63) is 33.9 Å². The fourth-order valence-electron chi connectivity index (χ4n) is 2.28. The maximum absolute atomic E-state index is 9.20. The zero-order valence-corrected chi connectivity index (χ0v) is 11.0.